The van der Waals surface area contributed by atoms with Crippen LogP contribution in [0.4, 0.5) is 5.69 Å². The van der Waals surface area contributed by atoms with Gasteiger partial charge >= 0.3 is 5.56 Å². The van der Waals surface area contributed by atoms with Crippen molar-refractivity contribution in [2.75, 3.05) is 13.1 Å². The number of nitrogens with one attached hydrogen (secondary N) is 2. The highest BCUT2D eigenvalue weighted by molar-refractivity contribution is 5.99. The number of carbonyl (C=O) groups excluding carboxylic acids is 1. The molecule has 8 nitrogen and oxygen atoms in total. The number of aromatic nitrogens is 2. The maximum Gasteiger partial charge on any atom is 0.315 e. The minimum atomic E-state index is -1.19. The molecular weight excluding hydrogens is 408 g/mol. The van der Waals surface area contributed by atoms with Gasteiger partial charge in [-0.25, -0.2) is 5.21 Å². The van der Waals surface area contributed by atoms with Gasteiger partial charge in [-0.15, -0.1) is 0 Å². The van der Waals surface area contributed by atoms with Gasteiger partial charge in [0, 0.05) is 59.5 Å². The largest absolute Gasteiger partial charge is 0.595 e. The van der Waals surface area contributed by atoms with Crippen molar-refractivity contribution in [1.29, 1.82) is 0 Å². The van der Waals surface area contributed by atoms with E-state index in [4.69, 9.17) is 0 Å². The average Bonchev–Trinajstić information content (AvgIpc) is 3.17. The average molecular weight is 434 g/mol. The molecule has 2 aromatic heterocycles. The second-order valence-corrected chi connectivity index (χ2v) is 9.45. The summed E-state index contributed by atoms with van der Waals surface area (Å²) in [6, 6.07) is 9.13. The van der Waals surface area contributed by atoms with Crippen LogP contribution in [0.2, 0.25) is 0 Å². The first-order valence-corrected chi connectivity index (χ1v) is 11.4. The molecule has 3 unspecified atom stereocenters. The molecule has 3 N–H and O–H groups in total. The van der Waals surface area contributed by atoms with E-state index in [0.29, 0.717) is 25.2 Å². The fourth-order valence-electron chi connectivity index (χ4n) is 6.00. The Morgan fingerprint density at radius 1 is 1.12 bits per heavy atom. The van der Waals surface area contributed by atoms with Crippen LogP contribution in [0, 0.1) is 11.1 Å². The molecule has 1 aromatic carbocycles. The second-order valence-electron chi connectivity index (χ2n) is 9.45. The molecular formula is C24H26N4O4. The molecule has 3 atom stereocenters. The molecule has 8 heteroatoms. The second kappa shape index (κ2) is 7.30. The molecule has 2 aliphatic heterocycles. The van der Waals surface area contributed by atoms with Crippen LogP contribution in [0.1, 0.15) is 52.5 Å². The summed E-state index contributed by atoms with van der Waals surface area (Å²) < 4.78 is 1.61. The highest BCUT2D eigenvalue weighted by atomic mass is 16.8. The van der Waals surface area contributed by atoms with E-state index in [2.05, 4.69) is 4.98 Å². The van der Waals surface area contributed by atoms with Crippen LogP contribution in [0.3, 0.4) is 0 Å². The molecule has 0 saturated carbocycles. The summed E-state index contributed by atoms with van der Waals surface area (Å²) in [5.74, 6) is 0.228. The van der Waals surface area contributed by atoms with Gasteiger partial charge in [-0.2, -0.15) is 5.23 Å². The number of hydrogen-bond donors (Lipinski definition) is 3. The zero-order chi connectivity index (χ0) is 22.0. The van der Waals surface area contributed by atoms with Gasteiger partial charge in [0.1, 0.15) is 0 Å². The van der Waals surface area contributed by atoms with Crippen LogP contribution in [-0.4, -0.2) is 38.7 Å². The van der Waals surface area contributed by atoms with Gasteiger partial charge in [-0.05, 0) is 67.9 Å². The first-order chi connectivity index (χ1) is 15.5. The predicted octanol–water partition coefficient (Wildman–Crippen LogP) is 1.87. The molecule has 1 fully saturated rings. The number of piperidine rings is 1. The third-order valence-corrected chi connectivity index (χ3v) is 7.47. The van der Waals surface area contributed by atoms with E-state index in [9.17, 15) is 20.0 Å². The SMILES string of the molecule is O=C(c1ccc2[nH]c3c(c2c1)CCCC3)N1CC2CC(C1)c1ccc([NH+]([O-])O)c(=O)n1C2. The number of aryl methyl sites for hydroxylation is 2. The molecule has 6 rings (SSSR count). The van der Waals surface area contributed by atoms with E-state index >= 15 is 0 Å². The third kappa shape index (κ3) is 3.02. The first kappa shape index (κ1) is 19.7. The number of aromatic amines is 1. The number of rotatable bonds is 2. The standard InChI is InChI=1S/C24H26N4O4/c29-23(15-5-6-20-18(10-15)17-3-1-2-4-19(17)25-20)26-11-14-9-16(13-26)21-7-8-22(28(31)32)24(30)27(21)12-14/h5-8,10,14,16,25,28,31H,1-4,9,11-13H2. The number of amides is 1. The zero-order valence-corrected chi connectivity index (χ0v) is 17.8. The molecule has 4 heterocycles. The highest BCUT2D eigenvalue weighted by Gasteiger charge is 2.37. The molecule has 3 aliphatic rings. The van der Waals surface area contributed by atoms with Crippen LogP contribution in [0.25, 0.3) is 10.9 Å². The highest BCUT2D eigenvalue weighted by Crippen LogP contribution is 2.36. The Bertz CT molecular complexity index is 1290. The lowest BCUT2D eigenvalue weighted by molar-refractivity contribution is -0.992. The molecule has 2 bridgehead atoms. The maximum absolute atomic E-state index is 13.5. The van der Waals surface area contributed by atoms with Crippen molar-refractivity contribution in [2.45, 2.75) is 44.6 Å². The van der Waals surface area contributed by atoms with Gasteiger partial charge in [0.25, 0.3) is 5.91 Å². The Kier molecular flexibility index (Phi) is 4.50. The Morgan fingerprint density at radius 3 is 2.81 bits per heavy atom. The van der Waals surface area contributed by atoms with Crippen molar-refractivity contribution in [3.05, 3.63) is 68.4 Å². The third-order valence-electron chi connectivity index (χ3n) is 7.47. The predicted molar refractivity (Wildman–Crippen MR) is 118 cm³/mol. The van der Waals surface area contributed by atoms with Crippen LogP contribution in [0.15, 0.2) is 35.1 Å². The van der Waals surface area contributed by atoms with Crippen LogP contribution < -0.4 is 10.8 Å². The molecule has 32 heavy (non-hydrogen) atoms. The first-order valence-electron chi connectivity index (χ1n) is 11.4. The minimum absolute atomic E-state index is 0.0327. The summed E-state index contributed by atoms with van der Waals surface area (Å²) in [6.45, 7) is 1.59. The van der Waals surface area contributed by atoms with Gasteiger partial charge in [0.15, 0.2) is 0 Å². The Labute approximate surface area is 184 Å². The number of carbonyl (C=O) groups is 1. The number of pyridine rings is 1. The summed E-state index contributed by atoms with van der Waals surface area (Å²) in [4.78, 5) is 31.5. The van der Waals surface area contributed by atoms with Crippen molar-refractivity contribution in [3.63, 3.8) is 0 Å². The molecule has 166 valence electrons. The van der Waals surface area contributed by atoms with E-state index in [-0.39, 0.29) is 23.4 Å². The van der Waals surface area contributed by atoms with Crippen molar-refractivity contribution in [3.8, 4) is 0 Å². The van der Waals surface area contributed by atoms with Gasteiger partial charge < -0.3 is 19.7 Å². The summed E-state index contributed by atoms with van der Waals surface area (Å²) in [6.07, 6.45) is 5.45. The van der Waals surface area contributed by atoms with Crippen molar-refractivity contribution in [1.82, 2.24) is 14.5 Å². The molecule has 1 aliphatic carbocycles. The molecule has 0 spiro atoms. The summed E-state index contributed by atoms with van der Waals surface area (Å²) in [5, 5.41) is 20.6. The summed E-state index contributed by atoms with van der Waals surface area (Å²) >= 11 is 0. The normalized spacial score (nSPS) is 23.0. The van der Waals surface area contributed by atoms with Crippen LogP contribution in [-0.2, 0) is 19.4 Å². The quantitative estimate of drug-likeness (QED) is 0.536. The maximum atomic E-state index is 13.5. The minimum Gasteiger partial charge on any atom is -0.595 e. The summed E-state index contributed by atoms with van der Waals surface area (Å²) in [5.41, 5.74) is 4.70. The molecule has 1 saturated heterocycles. The Balaban J connectivity index is 1.30. The Hall–Kier alpha value is -2.94. The van der Waals surface area contributed by atoms with E-state index in [1.165, 1.54) is 35.6 Å². The fraction of sp³-hybridized carbons (Fsp3) is 0.417. The molecule has 0 radical (unpaired) electrons. The number of nitrogens with zero attached hydrogens (tertiary/aromatic N) is 2. The summed E-state index contributed by atoms with van der Waals surface area (Å²) in [7, 11) is 0. The monoisotopic (exact) mass is 434 g/mol. The van der Waals surface area contributed by atoms with Crippen LogP contribution in [0.5, 0.6) is 0 Å². The fourth-order valence-corrected chi connectivity index (χ4v) is 6.00. The van der Waals surface area contributed by atoms with E-state index in [0.717, 1.165) is 30.5 Å². The molecule has 1 amide bonds. The lowest BCUT2D eigenvalue weighted by Gasteiger charge is -2.42. The van der Waals surface area contributed by atoms with E-state index < -0.39 is 10.8 Å². The van der Waals surface area contributed by atoms with Crippen LogP contribution >= 0.6 is 0 Å². The number of fused-ring (bicyclic) bond motifs is 7. The number of quaternary nitrogens is 1. The molecule has 3 aromatic rings. The van der Waals surface area contributed by atoms with Gasteiger partial charge in [0.2, 0.25) is 5.69 Å². The van der Waals surface area contributed by atoms with Gasteiger partial charge in [-0.3, -0.25) is 9.59 Å². The smallest absolute Gasteiger partial charge is 0.315 e. The topological polar surface area (TPSA) is 106 Å². The van der Waals surface area contributed by atoms with E-state index in [1.54, 1.807) is 10.6 Å². The van der Waals surface area contributed by atoms with Crippen molar-refractivity contribution in [2.24, 2.45) is 5.92 Å². The van der Waals surface area contributed by atoms with Crippen molar-refractivity contribution < 1.29 is 15.2 Å². The zero-order valence-electron chi connectivity index (χ0n) is 17.8. The lowest BCUT2D eigenvalue weighted by atomic mass is 9.83. The number of likely N-dealkylation sites (tertiary alicyclic amines) is 1. The number of hydrogen-bond acceptors (Lipinski definition) is 4. The Morgan fingerprint density at radius 2 is 1.97 bits per heavy atom. The van der Waals surface area contributed by atoms with Gasteiger partial charge in [-0.1, -0.05) is 0 Å². The number of benzene rings is 1. The van der Waals surface area contributed by atoms with Gasteiger partial charge in [0.05, 0.1) is 0 Å². The number of H-pyrrole nitrogens is 1. The lowest BCUT2D eigenvalue weighted by Crippen LogP contribution is -3.00. The van der Waals surface area contributed by atoms with Crippen molar-refractivity contribution >= 4 is 22.5 Å². The van der Waals surface area contributed by atoms with E-state index in [1.807, 2.05) is 23.1 Å².